The second kappa shape index (κ2) is 6.75. The van der Waals surface area contributed by atoms with Gasteiger partial charge >= 0.3 is 18.0 Å². The number of carbonyl (C=O) groups is 4. The van der Waals surface area contributed by atoms with E-state index in [-0.39, 0.29) is 12.4 Å². The third kappa shape index (κ3) is 3.60. The van der Waals surface area contributed by atoms with Crippen molar-refractivity contribution in [3.8, 4) is 0 Å². The predicted octanol–water partition coefficient (Wildman–Crippen LogP) is 0.849. The molecule has 3 amide bonds. The third-order valence-electron chi connectivity index (χ3n) is 3.88. The van der Waals surface area contributed by atoms with Crippen LogP contribution in [0.2, 0.25) is 0 Å². The Bertz CT molecular complexity index is 752. The lowest BCUT2D eigenvalue weighted by Gasteiger charge is -2.20. The molecular formula is C16H16N2O6S. The van der Waals surface area contributed by atoms with Crippen molar-refractivity contribution in [2.24, 2.45) is 0 Å². The third-order valence-corrected chi connectivity index (χ3v) is 5.27. The highest BCUT2D eigenvalue weighted by molar-refractivity contribution is 7.99. The van der Waals surface area contributed by atoms with Gasteiger partial charge < -0.3 is 14.8 Å². The van der Waals surface area contributed by atoms with E-state index in [2.05, 4.69) is 10.6 Å². The van der Waals surface area contributed by atoms with Crippen molar-refractivity contribution in [1.29, 1.82) is 0 Å². The zero-order chi connectivity index (χ0) is 18.0. The number of carbonyl (C=O) groups excluding carboxylic acids is 4. The van der Waals surface area contributed by atoms with Crippen LogP contribution in [0.1, 0.15) is 23.7 Å². The maximum Gasteiger partial charge on any atom is 0.347 e. The Labute approximate surface area is 147 Å². The minimum Gasteiger partial charge on any atom is -0.463 e. The molecule has 2 atom stereocenters. The molecule has 8 nitrogen and oxygen atoms in total. The topological polar surface area (TPSA) is 111 Å². The first-order chi connectivity index (χ1) is 11.9. The summed E-state index contributed by atoms with van der Waals surface area (Å²) in [4.78, 5) is 47.6. The number of nitrogens with one attached hydrogen (secondary N) is 2. The fourth-order valence-electron chi connectivity index (χ4n) is 2.44. The molecule has 2 aliphatic heterocycles. The van der Waals surface area contributed by atoms with E-state index in [4.69, 9.17) is 9.47 Å². The molecule has 0 bridgehead atoms. The van der Waals surface area contributed by atoms with E-state index in [9.17, 15) is 19.2 Å². The zero-order valence-corrected chi connectivity index (χ0v) is 14.2. The van der Waals surface area contributed by atoms with Gasteiger partial charge in [-0.25, -0.2) is 14.4 Å². The molecule has 132 valence electrons. The normalized spacial score (nSPS) is 25.3. The average molecular weight is 364 g/mol. The van der Waals surface area contributed by atoms with Crippen molar-refractivity contribution in [3.05, 3.63) is 29.8 Å². The first-order valence-electron chi connectivity index (χ1n) is 7.62. The zero-order valence-electron chi connectivity index (χ0n) is 13.4. The highest BCUT2D eigenvalue weighted by atomic mass is 32.2. The number of esters is 2. The Morgan fingerprint density at radius 2 is 2.12 bits per heavy atom. The summed E-state index contributed by atoms with van der Waals surface area (Å²) in [5, 5.41) is 4.75. The molecule has 1 aromatic carbocycles. The highest BCUT2D eigenvalue weighted by Crippen LogP contribution is 2.28. The van der Waals surface area contributed by atoms with Crippen molar-refractivity contribution in [2.75, 3.05) is 12.4 Å². The van der Waals surface area contributed by atoms with E-state index in [1.807, 2.05) is 0 Å². The van der Waals surface area contributed by atoms with E-state index >= 15 is 0 Å². The summed E-state index contributed by atoms with van der Waals surface area (Å²) < 4.78 is 9.99. The summed E-state index contributed by atoms with van der Waals surface area (Å²) in [7, 11) is 0. The molecule has 25 heavy (non-hydrogen) atoms. The summed E-state index contributed by atoms with van der Waals surface area (Å²) in [6.45, 7) is 1.84. The fourth-order valence-corrected chi connectivity index (χ4v) is 3.57. The standard InChI is InChI=1S/C16H16N2O6S/c1-16(14(21)17-15(22)18-16)8-25-11-5-3-2-4-9(11)12(19)24-10-6-7-23-13(10)20/h2-5,10H,6-8H2,1H3,(H2,17,18,21,22)/t10-,16-/m0/s1. The van der Waals surface area contributed by atoms with Gasteiger partial charge in [0.15, 0.2) is 0 Å². The van der Waals surface area contributed by atoms with Gasteiger partial charge in [-0.15, -0.1) is 11.8 Å². The molecular weight excluding hydrogens is 348 g/mol. The first kappa shape index (κ1) is 17.3. The highest BCUT2D eigenvalue weighted by Gasteiger charge is 2.42. The number of ether oxygens (including phenoxy) is 2. The minimum absolute atomic E-state index is 0.236. The van der Waals surface area contributed by atoms with Crippen LogP contribution in [-0.2, 0) is 19.1 Å². The number of thioether (sulfide) groups is 1. The molecule has 2 aliphatic rings. The van der Waals surface area contributed by atoms with Crippen molar-refractivity contribution in [2.45, 2.75) is 29.9 Å². The molecule has 3 rings (SSSR count). The molecule has 2 N–H and O–H groups in total. The number of amides is 3. The number of imide groups is 1. The van der Waals surface area contributed by atoms with Crippen LogP contribution in [0.15, 0.2) is 29.2 Å². The molecule has 0 aromatic heterocycles. The molecule has 0 spiro atoms. The van der Waals surface area contributed by atoms with Crippen LogP contribution in [0.5, 0.6) is 0 Å². The smallest absolute Gasteiger partial charge is 0.347 e. The summed E-state index contributed by atoms with van der Waals surface area (Å²) >= 11 is 1.24. The minimum atomic E-state index is -1.06. The van der Waals surface area contributed by atoms with Crippen molar-refractivity contribution < 1.29 is 28.7 Å². The molecule has 1 aromatic rings. The molecule has 2 heterocycles. The van der Waals surface area contributed by atoms with Crippen LogP contribution >= 0.6 is 11.8 Å². The Kier molecular flexibility index (Phi) is 4.67. The van der Waals surface area contributed by atoms with Gasteiger partial charge in [-0.2, -0.15) is 0 Å². The van der Waals surface area contributed by atoms with E-state index in [1.165, 1.54) is 11.8 Å². The number of benzene rings is 1. The molecule has 2 saturated heterocycles. The van der Waals surface area contributed by atoms with Crippen molar-refractivity contribution in [1.82, 2.24) is 10.6 Å². The molecule has 2 fully saturated rings. The summed E-state index contributed by atoms with van der Waals surface area (Å²) in [5.74, 6) is -1.35. The Hall–Kier alpha value is -2.55. The van der Waals surface area contributed by atoms with E-state index in [0.29, 0.717) is 16.9 Å². The number of hydrogen-bond acceptors (Lipinski definition) is 7. The second-order valence-electron chi connectivity index (χ2n) is 5.88. The molecule has 0 unspecified atom stereocenters. The summed E-state index contributed by atoms with van der Waals surface area (Å²) in [6.07, 6.45) is -0.549. The Balaban J connectivity index is 1.70. The van der Waals surface area contributed by atoms with Gasteiger partial charge in [0, 0.05) is 17.1 Å². The SMILES string of the molecule is C[C@@]1(CSc2ccccc2C(=O)O[C@H]2CCOC2=O)NC(=O)NC1=O. The molecule has 0 aliphatic carbocycles. The van der Waals surface area contributed by atoms with Crippen LogP contribution in [-0.4, -0.2) is 47.9 Å². The summed E-state index contributed by atoms with van der Waals surface area (Å²) in [6, 6.07) is 6.19. The van der Waals surface area contributed by atoms with Gasteiger partial charge in [0.2, 0.25) is 6.10 Å². The van der Waals surface area contributed by atoms with E-state index < -0.39 is 35.5 Å². The van der Waals surface area contributed by atoms with Gasteiger partial charge in [0.05, 0.1) is 12.2 Å². The monoisotopic (exact) mass is 364 g/mol. The molecule has 0 saturated carbocycles. The first-order valence-corrected chi connectivity index (χ1v) is 8.61. The van der Waals surface area contributed by atoms with Crippen LogP contribution in [0.3, 0.4) is 0 Å². The Morgan fingerprint density at radius 1 is 1.36 bits per heavy atom. The summed E-state index contributed by atoms with van der Waals surface area (Å²) in [5.41, 5.74) is -0.769. The number of rotatable bonds is 5. The van der Waals surface area contributed by atoms with Gasteiger partial charge in [0.1, 0.15) is 5.54 Å². The lowest BCUT2D eigenvalue weighted by atomic mass is 10.1. The van der Waals surface area contributed by atoms with Crippen LogP contribution < -0.4 is 10.6 Å². The van der Waals surface area contributed by atoms with Gasteiger partial charge in [-0.05, 0) is 19.1 Å². The van der Waals surface area contributed by atoms with Crippen LogP contribution in [0.25, 0.3) is 0 Å². The maximum atomic E-state index is 12.4. The fraction of sp³-hybridized carbons (Fsp3) is 0.375. The molecule has 9 heteroatoms. The van der Waals surface area contributed by atoms with Crippen molar-refractivity contribution >= 4 is 35.6 Å². The van der Waals surface area contributed by atoms with Gasteiger partial charge in [-0.1, -0.05) is 12.1 Å². The quantitative estimate of drug-likeness (QED) is 0.453. The number of cyclic esters (lactones) is 1. The maximum absolute atomic E-state index is 12.4. The Morgan fingerprint density at radius 3 is 2.76 bits per heavy atom. The van der Waals surface area contributed by atoms with Gasteiger partial charge in [-0.3, -0.25) is 10.1 Å². The van der Waals surface area contributed by atoms with Crippen LogP contribution in [0, 0.1) is 0 Å². The predicted molar refractivity (Wildman–Crippen MR) is 87.0 cm³/mol. The van der Waals surface area contributed by atoms with E-state index in [1.54, 1.807) is 31.2 Å². The van der Waals surface area contributed by atoms with Crippen molar-refractivity contribution in [3.63, 3.8) is 0 Å². The number of urea groups is 1. The lowest BCUT2D eigenvalue weighted by molar-refractivity contribution is -0.145. The average Bonchev–Trinajstić information content (AvgIpc) is 3.08. The number of hydrogen-bond donors (Lipinski definition) is 2. The second-order valence-corrected chi connectivity index (χ2v) is 6.89. The van der Waals surface area contributed by atoms with E-state index in [0.717, 1.165) is 0 Å². The molecule has 0 radical (unpaired) electrons. The van der Waals surface area contributed by atoms with Crippen LogP contribution in [0.4, 0.5) is 4.79 Å². The lowest BCUT2D eigenvalue weighted by Crippen LogP contribution is -2.46. The van der Waals surface area contributed by atoms with Gasteiger partial charge in [0.25, 0.3) is 5.91 Å². The largest absolute Gasteiger partial charge is 0.463 e.